The van der Waals surface area contributed by atoms with Crippen LogP contribution in [0.15, 0.2) is 18.5 Å². The van der Waals surface area contributed by atoms with E-state index in [0.29, 0.717) is 5.39 Å². The van der Waals surface area contributed by atoms with Crippen LogP contribution >= 0.6 is 0 Å². The van der Waals surface area contributed by atoms with Crippen molar-refractivity contribution in [2.75, 3.05) is 24.7 Å². The molecule has 0 atom stereocenters. The molecule has 11 nitrogen and oxygen atoms in total. The van der Waals surface area contributed by atoms with Crippen LogP contribution in [0, 0.1) is 5.92 Å². The summed E-state index contributed by atoms with van der Waals surface area (Å²) in [5.74, 6) is -4.49. The van der Waals surface area contributed by atoms with E-state index in [9.17, 15) is 18.4 Å². The van der Waals surface area contributed by atoms with E-state index in [1.54, 1.807) is 0 Å². The van der Waals surface area contributed by atoms with Crippen LogP contribution < -0.4 is 20.7 Å². The Bertz CT molecular complexity index is 1320. The summed E-state index contributed by atoms with van der Waals surface area (Å²) in [6.07, 6.45) is 4.21. The third-order valence-electron chi connectivity index (χ3n) is 4.84. The number of pyridine rings is 1. The first kappa shape index (κ1) is 18.7. The molecule has 1 fully saturated rings. The third-order valence-corrected chi connectivity index (χ3v) is 4.84. The SMILES string of the molecule is [2H]C([2H])([2H])NC(=O)c1nnc(NC(=O)C2CC2)cc1Nc1ncc2cnn(CC(C)(F)F)c2c1OC. The molecule has 2 amide bonds. The number of nitrogens with zero attached hydrogens (tertiary/aromatic N) is 5. The van der Waals surface area contributed by atoms with Crippen LogP contribution in [-0.2, 0) is 11.3 Å². The fourth-order valence-electron chi connectivity index (χ4n) is 3.19. The average Bonchev–Trinajstić information content (AvgIpc) is 3.54. The Morgan fingerprint density at radius 3 is 2.79 bits per heavy atom. The predicted octanol–water partition coefficient (Wildman–Crippen LogP) is 2.34. The number of hydrogen-bond acceptors (Lipinski definition) is 8. The molecule has 0 spiro atoms. The molecule has 0 bridgehead atoms. The van der Waals surface area contributed by atoms with Crippen molar-refractivity contribution in [1.29, 1.82) is 0 Å². The Labute approximate surface area is 191 Å². The number of carbonyl (C=O) groups excluding carboxylic acids is 2. The minimum Gasteiger partial charge on any atom is -0.491 e. The second-order valence-corrected chi connectivity index (χ2v) is 7.65. The fraction of sp³-hybridized carbons (Fsp3) is 0.400. The smallest absolute Gasteiger partial charge is 0.273 e. The van der Waals surface area contributed by atoms with Gasteiger partial charge in [0.2, 0.25) is 5.91 Å². The van der Waals surface area contributed by atoms with Gasteiger partial charge < -0.3 is 20.7 Å². The second kappa shape index (κ2) is 8.56. The summed E-state index contributed by atoms with van der Waals surface area (Å²) in [6, 6.07) is 1.28. The number of nitrogens with one attached hydrogen (secondary N) is 3. The van der Waals surface area contributed by atoms with Gasteiger partial charge in [-0.15, -0.1) is 10.2 Å². The molecular weight excluding hydrogens is 438 g/mol. The number of ether oxygens (including phenoxy) is 1. The molecule has 3 aromatic heterocycles. The quantitative estimate of drug-likeness (QED) is 0.463. The molecule has 1 aliphatic carbocycles. The summed E-state index contributed by atoms with van der Waals surface area (Å²) in [5.41, 5.74) is -0.253. The molecular formula is C20H22F2N8O3. The number of aromatic nitrogens is 5. The number of halogens is 2. The van der Waals surface area contributed by atoms with Crippen molar-refractivity contribution in [2.24, 2.45) is 5.92 Å². The highest BCUT2D eigenvalue weighted by molar-refractivity contribution is 6.00. The highest BCUT2D eigenvalue weighted by Crippen LogP contribution is 2.35. The number of hydrogen-bond donors (Lipinski definition) is 3. The zero-order chi connectivity index (χ0) is 26.3. The normalized spacial score (nSPS) is 15.3. The molecule has 174 valence electrons. The lowest BCUT2D eigenvalue weighted by Gasteiger charge is -2.16. The van der Waals surface area contributed by atoms with Crippen LogP contribution in [-0.4, -0.2) is 56.8 Å². The standard InChI is InChI=1S/C20H22F2N8O3/c1-20(21,22)9-30-15-11(8-25-30)7-24-17(16(15)33-3)26-12-6-13(27-18(31)10-4-5-10)28-29-14(12)19(32)23-2/h6-8,10H,4-5,9H2,1-3H3,(H,23,32)(H2,24,26,27,28,31)/i2D3. The lowest BCUT2D eigenvalue weighted by atomic mass is 10.2. The molecule has 3 aromatic rings. The van der Waals surface area contributed by atoms with Crippen molar-refractivity contribution >= 4 is 40.0 Å². The monoisotopic (exact) mass is 463 g/mol. The molecule has 3 heterocycles. The van der Waals surface area contributed by atoms with Gasteiger partial charge in [-0.3, -0.25) is 14.3 Å². The number of methoxy groups -OCH3 is 1. The summed E-state index contributed by atoms with van der Waals surface area (Å²) >= 11 is 0. The largest absolute Gasteiger partial charge is 0.491 e. The number of fused-ring (bicyclic) bond motifs is 1. The van der Waals surface area contributed by atoms with Crippen LogP contribution in [0.25, 0.3) is 10.9 Å². The van der Waals surface area contributed by atoms with E-state index in [1.165, 1.54) is 25.6 Å². The van der Waals surface area contributed by atoms with E-state index in [2.05, 4.69) is 30.9 Å². The van der Waals surface area contributed by atoms with E-state index < -0.39 is 31.0 Å². The van der Waals surface area contributed by atoms with Gasteiger partial charge in [0.1, 0.15) is 12.1 Å². The van der Waals surface area contributed by atoms with Crippen molar-refractivity contribution in [3.8, 4) is 5.75 Å². The van der Waals surface area contributed by atoms with Crippen LogP contribution in [0.2, 0.25) is 0 Å². The third kappa shape index (κ3) is 4.81. The number of anilines is 3. The van der Waals surface area contributed by atoms with Crippen molar-refractivity contribution in [3.63, 3.8) is 0 Å². The Morgan fingerprint density at radius 1 is 1.33 bits per heavy atom. The molecule has 1 saturated carbocycles. The van der Waals surface area contributed by atoms with E-state index >= 15 is 0 Å². The highest BCUT2D eigenvalue weighted by atomic mass is 19.3. The Kier molecular flexibility index (Phi) is 4.84. The molecule has 1 aliphatic rings. The first-order valence-electron chi connectivity index (χ1n) is 11.4. The van der Waals surface area contributed by atoms with Crippen molar-refractivity contribution < 1.29 is 27.2 Å². The molecule has 3 N–H and O–H groups in total. The minimum atomic E-state index is -3.06. The summed E-state index contributed by atoms with van der Waals surface area (Å²) < 4.78 is 55.8. The van der Waals surface area contributed by atoms with Crippen LogP contribution in [0.1, 0.15) is 34.4 Å². The van der Waals surface area contributed by atoms with Gasteiger partial charge in [-0.2, -0.15) is 5.10 Å². The Morgan fingerprint density at radius 2 is 2.12 bits per heavy atom. The van der Waals surface area contributed by atoms with Gasteiger partial charge in [0, 0.05) is 41.6 Å². The van der Waals surface area contributed by atoms with Crippen LogP contribution in [0.4, 0.5) is 26.1 Å². The number of rotatable bonds is 8. The number of amides is 2. The molecule has 4 rings (SSSR count). The van der Waals surface area contributed by atoms with Gasteiger partial charge in [0.15, 0.2) is 23.1 Å². The average molecular weight is 463 g/mol. The van der Waals surface area contributed by atoms with Crippen LogP contribution in [0.5, 0.6) is 5.75 Å². The maximum Gasteiger partial charge on any atom is 0.273 e. The highest BCUT2D eigenvalue weighted by Gasteiger charge is 2.30. The maximum absolute atomic E-state index is 13.7. The van der Waals surface area contributed by atoms with Gasteiger partial charge in [0.25, 0.3) is 11.8 Å². The van der Waals surface area contributed by atoms with Gasteiger partial charge in [-0.25, -0.2) is 13.8 Å². The zero-order valence-electron chi connectivity index (χ0n) is 20.6. The van der Waals surface area contributed by atoms with Crippen molar-refractivity contribution in [1.82, 2.24) is 30.3 Å². The Balaban J connectivity index is 1.75. The summed E-state index contributed by atoms with van der Waals surface area (Å²) in [5, 5.41) is 19.2. The topological polar surface area (TPSA) is 136 Å². The van der Waals surface area contributed by atoms with Crippen LogP contribution in [0.3, 0.4) is 0 Å². The Hall–Kier alpha value is -3.90. The van der Waals surface area contributed by atoms with Gasteiger partial charge in [-0.05, 0) is 12.8 Å². The predicted molar refractivity (Wildman–Crippen MR) is 115 cm³/mol. The van der Waals surface area contributed by atoms with E-state index in [-0.39, 0.29) is 40.4 Å². The number of alkyl halides is 2. The molecule has 33 heavy (non-hydrogen) atoms. The summed E-state index contributed by atoms with van der Waals surface area (Å²) in [7, 11) is 1.30. The van der Waals surface area contributed by atoms with E-state index in [0.717, 1.165) is 24.4 Å². The lowest BCUT2D eigenvalue weighted by Crippen LogP contribution is -2.22. The lowest BCUT2D eigenvalue weighted by molar-refractivity contribution is -0.117. The molecule has 0 unspecified atom stereocenters. The molecule has 0 aromatic carbocycles. The zero-order valence-corrected chi connectivity index (χ0v) is 17.6. The van der Waals surface area contributed by atoms with Gasteiger partial charge >= 0.3 is 0 Å². The first-order valence-corrected chi connectivity index (χ1v) is 9.89. The maximum atomic E-state index is 13.7. The fourth-order valence-corrected chi connectivity index (χ4v) is 3.19. The van der Waals surface area contributed by atoms with E-state index in [1.807, 2.05) is 5.32 Å². The molecule has 0 aliphatic heterocycles. The first-order chi connectivity index (χ1) is 16.8. The number of carbonyl (C=O) groups is 2. The summed E-state index contributed by atoms with van der Waals surface area (Å²) in [6.45, 7) is -2.78. The minimum absolute atomic E-state index is 0.00146. The summed E-state index contributed by atoms with van der Waals surface area (Å²) in [4.78, 5) is 29.0. The van der Waals surface area contributed by atoms with Gasteiger partial charge in [-0.1, -0.05) is 0 Å². The van der Waals surface area contributed by atoms with Gasteiger partial charge in [0.05, 0.1) is 19.0 Å². The van der Waals surface area contributed by atoms with Crippen molar-refractivity contribution in [3.05, 3.63) is 24.2 Å². The van der Waals surface area contributed by atoms with Crippen molar-refractivity contribution in [2.45, 2.75) is 32.2 Å². The molecule has 0 radical (unpaired) electrons. The van der Waals surface area contributed by atoms with E-state index in [4.69, 9.17) is 8.85 Å². The molecule has 0 saturated heterocycles. The second-order valence-electron chi connectivity index (χ2n) is 7.65. The molecule has 13 heteroatoms.